The molecule has 88 valence electrons. The molecule has 2 unspecified atom stereocenters. The van der Waals surface area contributed by atoms with Gasteiger partial charge in [0.2, 0.25) is 0 Å². The molecule has 0 N–H and O–H groups in total. The molecule has 2 rings (SSSR count). The summed E-state index contributed by atoms with van der Waals surface area (Å²) in [6.45, 7) is 2.15. The Morgan fingerprint density at radius 3 is 3.12 bits per heavy atom. The minimum absolute atomic E-state index is 0.169. The van der Waals surface area contributed by atoms with Crippen LogP contribution in [0.3, 0.4) is 0 Å². The molecule has 16 heavy (non-hydrogen) atoms. The highest BCUT2D eigenvalue weighted by molar-refractivity contribution is 9.09. The lowest BCUT2D eigenvalue weighted by Gasteiger charge is -2.10. The molecule has 0 aliphatic carbocycles. The summed E-state index contributed by atoms with van der Waals surface area (Å²) in [5.41, 5.74) is 1.01. The van der Waals surface area contributed by atoms with E-state index in [-0.39, 0.29) is 11.9 Å². The van der Waals surface area contributed by atoms with Gasteiger partial charge in [0.05, 0.1) is 0 Å². The fourth-order valence-corrected chi connectivity index (χ4v) is 2.40. The summed E-state index contributed by atoms with van der Waals surface area (Å²) in [7, 11) is 0. The van der Waals surface area contributed by atoms with Crippen molar-refractivity contribution in [2.75, 3.05) is 0 Å². The third-order valence-electron chi connectivity index (χ3n) is 2.89. The first kappa shape index (κ1) is 11.9. The van der Waals surface area contributed by atoms with Crippen molar-refractivity contribution in [2.24, 2.45) is 0 Å². The highest BCUT2D eigenvalue weighted by Gasteiger charge is 2.22. The van der Waals surface area contributed by atoms with E-state index in [1.165, 1.54) is 6.07 Å². The van der Waals surface area contributed by atoms with Crippen LogP contribution in [0.1, 0.15) is 31.7 Å². The molecule has 0 aromatic heterocycles. The number of alkyl halides is 1. The molecule has 1 aromatic rings. The predicted octanol–water partition coefficient (Wildman–Crippen LogP) is 4.08. The standard InChI is InChI=1S/C13H16BrFO/c1-9(14)3-2-4-12-8-10-7-11(15)5-6-13(10)16-12/h5-7,9,12H,2-4,8H2,1H3. The van der Waals surface area contributed by atoms with Crippen molar-refractivity contribution in [3.8, 4) is 5.75 Å². The van der Waals surface area contributed by atoms with Gasteiger partial charge in [0, 0.05) is 16.8 Å². The lowest BCUT2D eigenvalue weighted by atomic mass is 10.1. The van der Waals surface area contributed by atoms with Gasteiger partial charge in [0.15, 0.2) is 0 Å². The van der Waals surface area contributed by atoms with Crippen molar-refractivity contribution in [2.45, 2.75) is 43.5 Å². The molecule has 0 amide bonds. The topological polar surface area (TPSA) is 9.23 Å². The number of rotatable bonds is 4. The quantitative estimate of drug-likeness (QED) is 0.758. The van der Waals surface area contributed by atoms with Crippen LogP contribution in [0.25, 0.3) is 0 Å². The Hall–Kier alpha value is -0.570. The normalized spacial score (nSPS) is 20.3. The van der Waals surface area contributed by atoms with E-state index < -0.39 is 0 Å². The van der Waals surface area contributed by atoms with E-state index >= 15 is 0 Å². The van der Waals surface area contributed by atoms with Crippen molar-refractivity contribution in [1.82, 2.24) is 0 Å². The van der Waals surface area contributed by atoms with E-state index in [9.17, 15) is 4.39 Å². The Kier molecular flexibility index (Phi) is 3.85. The van der Waals surface area contributed by atoms with Crippen LogP contribution in [0, 0.1) is 5.82 Å². The van der Waals surface area contributed by atoms with Crippen molar-refractivity contribution in [3.05, 3.63) is 29.6 Å². The SMILES string of the molecule is CC(Br)CCCC1Cc2cc(F)ccc2O1. The second-order valence-electron chi connectivity index (χ2n) is 4.41. The van der Waals surface area contributed by atoms with E-state index in [4.69, 9.17) is 4.74 Å². The largest absolute Gasteiger partial charge is 0.490 e. The van der Waals surface area contributed by atoms with Crippen LogP contribution >= 0.6 is 15.9 Å². The molecule has 0 saturated heterocycles. The van der Waals surface area contributed by atoms with Crippen LogP contribution in [0.5, 0.6) is 5.75 Å². The van der Waals surface area contributed by atoms with Gasteiger partial charge >= 0.3 is 0 Å². The fourth-order valence-electron chi connectivity index (χ4n) is 2.08. The maximum atomic E-state index is 13.0. The molecule has 2 atom stereocenters. The molecule has 1 aliphatic rings. The van der Waals surface area contributed by atoms with Gasteiger partial charge in [0.25, 0.3) is 0 Å². The van der Waals surface area contributed by atoms with E-state index in [0.29, 0.717) is 4.83 Å². The minimum atomic E-state index is -0.169. The van der Waals surface area contributed by atoms with Gasteiger partial charge in [-0.25, -0.2) is 4.39 Å². The molecule has 1 aliphatic heterocycles. The molecule has 1 nitrogen and oxygen atoms in total. The Labute approximate surface area is 104 Å². The molecular formula is C13H16BrFO. The summed E-state index contributed by atoms with van der Waals surface area (Å²) in [6.07, 6.45) is 4.44. The van der Waals surface area contributed by atoms with Gasteiger partial charge in [-0.2, -0.15) is 0 Å². The number of ether oxygens (including phenoxy) is 1. The molecular weight excluding hydrogens is 271 g/mol. The average Bonchev–Trinajstić information content (AvgIpc) is 2.58. The van der Waals surface area contributed by atoms with Crippen molar-refractivity contribution >= 4 is 15.9 Å². The average molecular weight is 287 g/mol. The molecule has 3 heteroatoms. The molecule has 1 aromatic carbocycles. The number of benzene rings is 1. The van der Waals surface area contributed by atoms with E-state index in [0.717, 1.165) is 37.0 Å². The molecule has 0 saturated carbocycles. The zero-order valence-electron chi connectivity index (χ0n) is 9.38. The third-order valence-corrected chi connectivity index (χ3v) is 3.35. The Morgan fingerprint density at radius 2 is 2.38 bits per heavy atom. The zero-order chi connectivity index (χ0) is 11.5. The lowest BCUT2D eigenvalue weighted by molar-refractivity contribution is 0.217. The predicted molar refractivity (Wildman–Crippen MR) is 66.8 cm³/mol. The van der Waals surface area contributed by atoms with Crippen molar-refractivity contribution in [3.63, 3.8) is 0 Å². The van der Waals surface area contributed by atoms with E-state index in [2.05, 4.69) is 22.9 Å². The summed E-state index contributed by atoms with van der Waals surface area (Å²) in [5, 5.41) is 0. The summed E-state index contributed by atoms with van der Waals surface area (Å²) in [6, 6.07) is 4.78. The highest BCUT2D eigenvalue weighted by atomic mass is 79.9. The van der Waals surface area contributed by atoms with Crippen LogP contribution in [-0.2, 0) is 6.42 Å². The molecule has 0 fully saturated rings. The van der Waals surface area contributed by atoms with Gasteiger partial charge in [-0.1, -0.05) is 22.9 Å². The Bertz CT molecular complexity index is 365. The maximum Gasteiger partial charge on any atom is 0.123 e. The van der Waals surface area contributed by atoms with Crippen LogP contribution in [0.2, 0.25) is 0 Å². The van der Waals surface area contributed by atoms with Gasteiger partial charge in [0.1, 0.15) is 17.7 Å². The third kappa shape index (κ3) is 2.97. The first-order valence-electron chi connectivity index (χ1n) is 5.74. The lowest BCUT2D eigenvalue weighted by Crippen LogP contribution is -2.12. The first-order chi connectivity index (χ1) is 7.65. The minimum Gasteiger partial charge on any atom is -0.490 e. The summed E-state index contributed by atoms with van der Waals surface area (Å²) < 4.78 is 18.7. The van der Waals surface area contributed by atoms with Crippen LogP contribution in [0.15, 0.2) is 18.2 Å². The monoisotopic (exact) mass is 286 g/mol. The summed E-state index contributed by atoms with van der Waals surface area (Å²) in [4.78, 5) is 0.564. The zero-order valence-corrected chi connectivity index (χ0v) is 11.0. The second kappa shape index (κ2) is 5.17. The van der Waals surface area contributed by atoms with Crippen LogP contribution in [0.4, 0.5) is 4.39 Å². The van der Waals surface area contributed by atoms with Crippen molar-refractivity contribution in [1.29, 1.82) is 0 Å². The maximum absolute atomic E-state index is 13.0. The number of hydrogen-bond acceptors (Lipinski definition) is 1. The smallest absolute Gasteiger partial charge is 0.123 e. The van der Waals surface area contributed by atoms with Crippen molar-refractivity contribution < 1.29 is 9.13 Å². The van der Waals surface area contributed by atoms with Gasteiger partial charge in [-0.05, 0) is 37.5 Å². The summed E-state index contributed by atoms with van der Waals surface area (Å²) >= 11 is 3.53. The molecule has 1 heterocycles. The fraction of sp³-hybridized carbons (Fsp3) is 0.538. The summed E-state index contributed by atoms with van der Waals surface area (Å²) in [5.74, 6) is 0.690. The first-order valence-corrected chi connectivity index (χ1v) is 6.66. The number of fused-ring (bicyclic) bond motifs is 1. The number of hydrogen-bond donors (Lipinski definition) is 0. The molecule has 0 bridgehead atoms. The van der Waals surface area contributed by atoms with Crippen LogP contribution in [-0.4, -0.2) is 10.9 Å². The van der Waals surface area contributed by atoms with Gasteiger partial charge in [-0.15, -0.1) is 0 Å². The molecule has 0 spiro atoms. The highest BCUT2D eigenvalue weighted by Crippen LogP contribution is 2.31. The van der Waals surface area contributed by atoms with E-state index in [1.807, 2.05) is 0 Å². The molecule has 0 radical (unpaired) electrons. The number of halogens is 2. The second-order valence-corrected chi connectivity index (χ2v) is 5.97. The van der Waals surface area contributed by atoms with E-state index in [1.54, 1.807) is 12.1 Å². The Morgan fingerprint density at radius 1 is 1.56 bits per heavy atom. The van der Waals surface area contributed by atoms with Gasteiger partial charge in [-0.3, -0.25) is 0 Å². The Balaban J connectivity index is 1.86. The van der Waals surface area contributed by atoms with Crippen LogP contribution < -0.4 is 4.74 Å². The van der Waals surface area contributed by atoms with Gasteiger partial charge < -0.3 is 4.74 Å².